The van der Waals surface area contributed by atoms with Crippen molar-refractivity contribution in [3.05, 3.63) is 15.6 Å². The summed E-state index contributed by atoms with van der Waals surface area (Å²) in [5.74, 6) is 0. The quantitative estimate of drug-likeness (QED) is 0.908. The second-order valence-electron chi connectivity index (χ2n) is 5.23. The molecule has 0 radical (unpaired) electrons. The molecule has 1 aromatic rings. The van der Waals surface area contributed by atoms with Crippen LogP contribution in [0.1, 0.15) is 60.0 Å². The topological polar surface area (TPSA) is 59.1 Å². The lowest BCUT2D eigenvalue weighted by atomic mass is 9.98. The fourth-order valence-corrected chi connectivity index (χ4v) is 4.55. The molecule has 6 heteroatoms. The maximum atomic E-state index is 11.6. The van der Waals surface area contributed by atoms with E-state index in [1.807, 2.05) is 0 Å². The third-order valence-corrected chi connectivity index (χ3v) is 6.65. The summed E-state index contributed by atoms with van der Waals surface area (Å²) in [6.07, 6.45) is 5.63. The number of rotatable bonds is 5. The molecule has 2 rings (SSSR count). The SMILES string of the molecule is CCCNC1CCCc2nc(C(C)S(C)(=O)=O)sc21. The van der Waals surface area contributed by atoms with Crippen LogP contribution in [0.15, 0.2) is 0 Å². The van der Waals surface area contributed by atoms with Gasteiger partial charge in [-0.3, -0.25) is 0 Å². The average molecular weight is 302 g/mol. The summed E-state index contributed by atoms with van der Waals surface area (Å²) in [5.41, 5.74) is 1.11. The number of hydrogen-bond acceptors (Lipinski definition) is 5. The normalized spacial score (nSPS) is 21.1. The van der Waals surface area contributed by atoms with Crippen LogP contribution >= 0.6 is 11.3 Å². The number of hydrogen-bond donors (Lipinski definition) is 1. The first-order valence-corrected chi connectivity index (χ1v) is 9.62. The lowest BCUT2D eigenvalue weighted by Crippen LogP contribution is -2.24. The van der Waals surface area contributed by atoms with Crippen LogP contribution in [-0.2, 0) is 16.3 Å². The maximum Gasteiger partial charge on any atom is 0.156 e. The van der Waals surface area contributed by atoms with Crippen LogP contribution in [-0.4, -0.2) is 26.2 Å². The Kier molecular flexibility index (Phi) is 4.63. The van der Waals surface area contributed by atoms with Crippen molar-refractivity contribution < 1.29 is 8.42 Å². The molecule has 4 nitrogen and oxygen atoms in total. The van der Waals surface area contributed by atoms with Crippen LogP contribution < -0.4 is 5.32 Å². The summed E-state index contributed by atoms with van der Waals surface area (Å²) >= 11 is 1.58. The largest absolute Gasteiger partial charge is 0.309 e. The molecule has 1 N–H and O–H groups in total. The minimum Gasteiger partial charge on any atom is -0.309 e. The number of nitrogens with one attached hydrogen (secondary N) is 1. The molecule has 0 amide bonds. The van der Waals surface area contributed by atoms with Crippen LogP contribution in [0.25, 0.3) is 0 Å². The Hall–Kier alpha value is -0.460. The molecule has 1 aliphatic carbocycles. The van der Waals surface area contributed by atoms with Crippen molar-refractivity contribution in [1.29, 1.82) is 0 Å². The lowest BCUT2D eigenvalue weighted by molar-refractivity contribution is 0.464. The Morgan fingerprint density at radius 1 is 1.53 bits per heavy atom. The maximum absolute atomic E-state index is 11.6. The second kappa shape index (κ2) is 5.89. The van der Waals surface area contributed by atoms with Crippen molar-refractivity contribution in [3.8, 4) is 0 Å². The van der Waals surface area contributed by atoms with Crippen molar-refractivity contribution >= 4 is 21.2 Å². The zero-order valence-corrected chi connectivity index (χ0v) is 13.4. The first kappa shape index (κ1) is 14.9. The number of thiazole rings is 1. The van der Waals surface area contributed by atoms with Crippen molar-refractivity contribution in [2.24, 2.45) is 0 Å². The van der Waals surface area contributed by atoms with Crippen molar-refractivity contribution in [1.82, 2.24) is 10.3 Å². The standard InChI is InChI=1S/C13H22N2O2S2/c1-4-8-14-10-6-5-7-11-12(10)18-13(15-11)9(2)19(3,16)17/h9-10,14H,4-8H2,1-3H3. The van der Waals surface area contributed by atoms with E-state index in [0.29, 0.717) is 6.04 Å². The number of nitrogens with zero attached hydrogens (tertiary/aromatic N) is 1. The van der Waals surface area contributed by atoms with Crippen LogP contribution in [0.5, 0.6) is 0 Å². The summed E-state index contributed by atoms with van der Waals surface area (Å²) in [7, 11) is -3.06. The fourth-order valence-electron chi connectivity index (χ4n) is 2.31. The van der Waals surface area contributed by atoms with E-state index in [1.165, 1.54) is 11.1 Å². The Morgan fingerprint density at radius 3 is 2.89 bits per heavy atom. The van der Waals surface area contributed by atoms with E-state index in [9.17, 15) is 8.42 Å². The molecule has 0 spiro atoms. The molecular weight excluding hydrogens is 280 g/mol. The van der Waals surface area contributed by atoms with E-state index in [2.05, 4.69) is 17.2 Å². The van der Waals surface area contributed by atoms with Gasteiger partial charge in [-0.1, -0.05) is 6.92 Å². The molecule has 0 bridgehead atoms. The van der Waals surface area contributed by atoms with Gasteiger partial charge in [0.2, 0.25) is 0 Å². The first-order chi connectivity index (χ1) is 8.93. The summed E-state index contributed by atoms with van der Waals surface area (Å²) < 4.78 is 23.3. The van der Waals surface area contributed by atoms with Gasteiger partial charge >= 0.3 is 0 Å². The zero-order chi connectivity index (χ0) is 14.0. The molecule has 0 saturated heterocycles. The van der Waals surface area contributed by atoms with Gasteiger partial charge in [0.1, 0.15) is 10.3 Å². The van der Waals surface area contributed by atoms with E-state index >= 15 is 0 Å². The summed E-state index contributed by atoms with van der Waals surface area (Å²) in [6, 6.07) is 0.363. The molecule has 1 aromatic heterocycles. The minimum absolute atomic E-state index is 0.363. The fraction of sp³-hybridized carbons (Fsp3) is 0.769. The van der Waals surface area contributed by atoms with E-state index in [-0.39, 0.29) is 0 Å². The number of fused-ring (bicyclic) bond motifs is 1. The van der Waals surface area contributed by atoms with E-state index < -0.39 is 15.1 Å². The number of sulfone groups is 1. The van der Waals surface area contributed by atoms with Gasteiger partial charge in [-0.15, -0.1) is 11.3 Å². The van der Waals surface area contributed by atoms with E-state index in [4.69, 9.17) is 0 Å². The van der Waals surface area contributed by atoms with Gasteiger partial charge in [0.05, 0.1) is 5.69 Å². The predicted octanol–water partition coefficient (Wildman–Crippen LogP) is 2.63. The first-order valence-electron chi connectivity index (χ1n) is 6.85. The molecule has 0 saturated carbocycles. The van der Waals surface area contributed by atoms with Gasteiger partial charge in [-0.05, 0) is 39.2 Å². The monoisotopic (exact) mass is 302 g/mol. The highest BCUT2D eigenvalue weighted by Gasteiger charge is 2.28. The molecule has 0 aliphatic heterocycles. The molecule has 2 unspecified atom stereocenters. The molecule has 0 aromatic carbocycles. The van der Waals surface area contributed by atoms with Gasteiger partial charge in [0.25, 0.3) is 0 Å². The Morgan fingerprint density at radius 2 is 2.26 bits per heavy atom. The lowest BCUT2D eigenvalue weighted by Gasteiger charge is -2.22. The summed E-state index contributed by atoms with van der Waals surface area (Å²) in [4.78, 5) is 5.83. The van der Waals surface area contributed by atoms with E-state index in [0.717, 1.165) is 42.9 Å². The van der Waals surface area contributed by atoms with E-state index in [1.54, 1.807) is 18.3 Å². The summed E-state index contributed by atoms with van der Waals surface area (Å²) in [5, 5.41) is 3.80. The molecule has 0 fully saturated rings. The van der Waals surface area contributed by atoms with Crippen molar-refractivity contribution in [2.45, 2.75) is 50.8 Å². The Balaban J connectivity index is 2.26. The van der Waals surface area contributed by atoms with Gasteiger partial charge in [-0.2, -0.15) is 0 Å². The smallest absolute Gasteiger partial charge is 0.156 e. The third kappa shape index (κ3) is 3.35. The highest BCUT2D eigenvalue weighted by atomic mass is 32.2. The molecule has 1 aliphatic rings. The predicted molar refractivity (Wildman–Crippen MR) is 79.3 cm³/mol. The van der Waals surface area contributed by atoms with Crippen LogP contribution in [0.2, 0.25) is 0 Å². The van der Waals surface area contributed by atoms with Crippen molar-refractivity contribution in [2.75, 3.05) is 12.8 Å². The van der Waals surface area contributed by atoms with Gasteiger partial charge < -0.3 is 5.32 Å². The van der Waals surface area contributed by atoms with Crippen LogP contribution in [0.4, 0.5) is 0 Å². The summed E-state index contributed by atoms with van der Waals surface area (Å²) in [6.45, 7) is 4.88. The molecular formula is C13H22N2O2S2. The van der Waals surface area contributed by atoms with Crippen LogP contribution in [0.3, 0.4) is 0 Å². The van der Waals surface area contributed by atoms with Crippen LogP contribution in [0, 0.1) is 0 Å². The zero-order valence-electron chi connectivity index (χ0n) is 11.8. The molecule has 1 heterocycles. The highest BCUT2D eigenvalue weighted by Crippen LogP contribution is 2.37. The Labute approximate surface area is 119 Å². The molecule has 108 valence electrons. The number of aryl methyl sites for hydroxylation is 1. The minimum atomic E-state index is -3.06. The van der Waals surface area contributed by atoms with Crippen molar-refractivity contribution in [3.63, 3.8) is 0 Å². The van der Waals surface area contributed by atoms with Gasteiger partial charge in [0.15, 0.2) is 9.84 Å². The van der Waals surface area contributed by atoms with Gasteiger partial charge in [-0.25, -0.2) is 13.4 Å². The highest BCUT2D eigenvalue weighted by molar-refractivity contribution is 7.91. The average Bonchev–Trinajstić information content (AvgIpc) is 2.78. The molecule has 2 atom stereocenters. The number of aromatic nitrogens is 1. The Bertz CT molecular complexity index is 537. The molecule has 19 heavy (non-hydrogen) atoms. The van der Waals surface area contributed by atoms with Gasteiger partial charge in [0, 0.05) is 17.2 Å². The third-order valence-electron chi connectivity index (χ3n) is 3.60. The second-order valence-corrected chi connectivity index (χ2v) is 8.66.